The molecule has 0 aliphatic rings. The van der Waals surface area contributed by atoms with Crippen LogP contribution in [0.2, 0.25) is 0 Å². The van der Waals surface area contributed by atoms with Gasteiger partial charge in [0.05, 0.1) is 6.54 Å². The van der Waals surface area contributed by atoms with Gasteiger partial charge >= 0.3 is 0 Å². The lowest BCUT2D eigenvalue weighted by molar-refractivity contribution is 0.0946. The predicted octanol–water partition coefficient (Wildman–Crippen LogP) is 3.08. The summed E-state index contributed by atoms with van der Waals surface area (Å²) < 4.78 is 31.8. The summed E-state index contributed by atoms with van der Waals surface area (Å²) in [6, 6.07) is 10.3. The number of benzene rings is 2. The minimum atomic E-state index is -0.454. The number of ether oxygens (including phenoxy) is 1. The average Bonchev–Trinajstić information content (AvgIpc) is 2.48. The van der Waals surface area contributed by atoms with Crippen LogP contribution in [0.5, 0.6) is 5.75 Å². The smallest absolute Gasteiger partial charge is 0.251 e. The fourth-order valence-electron chi connectivity index (χ4n) is 1.72. The number of para-hydroxylation sites is 1. The average molecular weight is 291 g/mol. The number of amides is 1. The summed E-state index contributed by atoms with van der Waals surface area (Å²) in [6.45, 7) is 1.95. The number of rotatable bonds is 5. The zero-order valence-corrected chi connectivity index (χ0v) is 11.5. The topological polar surface area (TPSA) is 38.3 Å². The zero-order valence-electron chi connectivity index (χ0n) is 11.5. The fourth-order valence-corrected chi connectivity index (χ4v) is 1.72. The molecule has 110 valence electrons. The third-order valence-electron chi connectivity index (χ3n) is 2.92. The third-order valence-corrected chi connectivity index (χ3v) is 2.92. The third kappa shape index (κ3) is 4.02. The van der Waals surface area contributed by atoms with Gasteiger partial charge < -0.3 is 10.1 Å². The molecule has 0 unspecified atom stereocenters. The van der Waals surface area contributed by atoms with Gasteiger partial charge in [0, 0.05) is 5.56 Å². The first-order chi connectivity index (χ1) is 10.1. The van der Waals surface area contributed by atoms with Gasteiger partial charge in [-0.05, 0) is 36.8 Å². The lowest BCUT2D eigenvalue weighted by Crippen LogP contribution is -2.28. The molecule has 0 aliphatic heterocycles. The van der Waals surface area contributed by atoms with Gasteiger partial charge in [-0.2, -0.15) is 0 Å². The number of aryl methyl sites for hydroxylation is 1. The van der Waals surface area contributed by atoms with E-state index in [1.165, 1.54) is 18.2 Å². The summed E-state index contributed by atoms with van der Waals surface area (Å²) in [5, 5.41) is 2.58. The van der Waals surface area contributed by atoms with Gasteiger partial charge in [-0.15, -0.1) is 0 Å². The maximum Gasteiger partial charge on any atom is 0.251 e. The molecule has 0 heterocycles. The minimum absolute atomic E-state index is 0.126. The van der Waals surface area contributed by atoms with Gasteiger partial charge in [0.15, 0.2) is 11.6 Å². The molecule has 2 aromatic rings. The first-order valence-electron chi connectivity index (χ1n) is 6.49. The van der Waals surface area contributed by atoms with E-state index in [0.29, 0.717) is 5.56 Å². The highest BCUT2D eigenvalue weighted by molar-refractivity contribution is 5.94. The Hall–Kier alpha value is -2.43. The second-order valence-electron chi connectivity index (χ2n) is 4.50. The predicted molar refractivity (Wildman–Crippen MR) is 75.4 cm³/mol. The Morgan fingerprint density at radius 3 is 2.62 bits per heavy atom. The van der Waals surface area contributed by atoms with Crippen LogP contribution in [0.4, 0.5) is 8.78 Å². The van der Waals surface area contributed by atoms with Crippen LogP contribution in [0.1, 0.15) is 15.9 Å². The highest BCUT2D eigenvalue weighted by Crippen LogP contribution is 2.14. The van der Waals surface area contributed by atoms with E-state index >= 15 is 0 Å². The van der Waals surface area contributed by atoms with Crippen LogP contribution in [-0.2, 0) is 0 Å². The van der Waals surface area contributed by atoms with Gasteiger partial charge in [-0.3, -0.25) is 4.79 Å². The highest BCUT2D eigenvalue weighted by Gasteiger charge is 2.08. The molecular formula is C16H15F2NO2. The Bertz CT molecular complexity index is 644. The summed E-state index contributed by atoms with van der Waals surface area (Å²) in [7, 11) is 0. The molecule has 0 bridgehead atoms. The first kappa shape index (κ1) is 15.0. The van der Waals surface area contributed by atoms with E-state index in [2.05, 4.69) is 5.32 Å². The molecule has 0 aromatic heterocycles. The van der Waals surface area contributed by atoms with Crippen molar-refractivity contribution in [2.24, 2.45) is 0 Å². The molecule has 2 rings (SSSR count). The van der Waals surface area contributed by atoms with Crippen LogP contribution >= 0.6 is 0 Å². The number of halogens is 2. The number of hydrogen-bond acceptors (Lipinski definition) is 2. The molecule has 0 fully saturated rings. The normalized spacial score (nSPS) is 10.2. The quantitative estimate of drug-likeness (QED) is 0.860. The summed E-state index contributed by atoms with van der Waals surface area (Å²) >= 11 is 0. The molecule has 0 spiro atoms. The van der Waals surface area contributed by atoms with E-state index in [0.717, 1.165) is 0 Å². The Labute approximate surface area is 121 Å². The van der Waals surface area contributed by atoms with E-state index < -0.39 is 17.5 Å². The fraction of sp³-hybridized carbons (Fsp3) is 0.188. The highest BCUT2D eigenvalue weighted by atomic mass is 19.1. The molecule has 5 heteroatoms. The molecule has 1 N–H and O–H groups in total. The molecule has 0 saturated heterocycles. The van der Waals surface area contributed by atoms with Crippen molar-refractivity contribution in [1.82, 2.24) is 5.32 Å². The van der Waals surface area contributed by atoms with Crippen molar-refractivity contribution in [3.63, 3.8) is 0 Å². The van der Waals surface area contributed by atoms with Crippen LogP contribution in [-0.4, -0.2) is 19.1 Å². The van der Waals surface area contributed by atoms with Crippen LogP contribution < -0.4 is 10.1 Å². The summed E-state index contributed by atoms with van der Waals surface area (Å²) in [6.07, 6.45) is 0. The maximum absolute atomic E-state index is 13.3. The Morgan fingerprint density at radius 2 is 1.90 bits per heavy atom. The zero-order chi connectivity index (χ0) is 15.2. The maximum atomic E-state index is 13.3. The van der Waals surface area contributed by atoms with Crippen LogP contribution in [0.3, 0.4) is 0 Å². The number of carbonyl (C=O) groups is 1. The largest absolute Gasteiger partial charge is 0.489 e. The van der Waals surface area contributed by atoms with Gasteiger partial charge in [-0.1, -0.05) is 18.2 Å². The summed E-state index contributed by atoms with van der Waals surface area (Å²) in [4.78, 5) is 11.8. The van der Waals surface area contributed by atoms with Crippen LogP contribution in [0.25, 0.3) is 0 Å². The van der Waals surface area contributed by atoms with Crippen molar-refractivity contribution in [2.75, 3.05) is 13.2 Å². The van der Waals surface area contributed by atoms with Crippen molar-refractivity contribution in [2.45, 2.75) is 6.92 Å². The van der Waals surface area contributed by atoms with E-state index in [9.17, 15) is 13.6 Å². The van der Waals surface area contributed by atoms with Crippen molar-refractivity contribution in [3.05, 3.63) is 65.2 Å². The second kappa shape index (κ2) is 6.83. The van der Waals surface area contributed by atoms with Crippen LogP contribution in [0.15, 0.2) is 42.5 Å². The molecule has 3 nitrogen and oxygen atoms in total. The molecule has 0 aliphatic carbocycles. The van der Waals surface area contributed by atoms with E-state index in [-0.39, 0.29) is 24.5 Å². The van der Waals surface area contributed by atoms with E-state index in [1.54, 1.807) is 31.2 Å². The molecular weight excluding hydrogens is 276 g/mol. The SMILES string of the molecule is Cc1ccc(C(=O)NCCOc2ccccc2F)cc1F. The lowest BCUT2D eigenvalue weighted by atomic mass is 10.1. The Balaban J connectivity index is 1.82. The number of carbonyl (C=O) groups excluding carboxylic acids is 1. The monoisotopic (exact) mass is 291 g/mol. The van der Waals surface area contributed by atoms with Gasteiger partial charge in [0.25, 0.3) is 5.91 Å². The number of nitrogens with one attached hydrogen (secondary N) is 1. The van der Waals surface area contributed by atoms with Crippen LogP contribution in [0, 0.1) is 18.6 Å². The lowest BCUT2D eigenvalue weighted by Gasteiger charge is -2.08. The van der Waals surface area contributed by atoms with Gasteiger partial charge in [0.2, 0.25) is 0 Å². The Kier molecular flexibility index (Phi) is 4.87. The van der Waals surface area contributed by atoms with Gasteiger partial charge in [-0.25, -0.2) is 8.78 Å². The van der Waals surface area contributed by atoms with Crippen molar-refractivity contribution in [3.8, 4) is 5.75 Å². The van der Waals surface area contributed by atoms with E-state index in [4.69, 9.17) is 4.74 Å². The molecule has 2 aromatic carbocycles. The van der Waals surface area contributed by atoms with Crippen molar-refractivity contribution in [1.29, 1.82) is 0 Å². The van der Waals surface area contributed by atoms with Gasteiger partial charge in [0.1, 0.15) is 12.4 Å². The van der Waals surface area contributed by atoms with E-state index in [1.807, 2.05) is 0 Å². The first-order valence-corrected chi connectivity index (χ1v) is 6.49. The molecule has 21 heavy (non-hydrogen) atoms. The Morgan fingerprint density at radius 1 is 1.14 bits per heavy atom. The summed E-state index contributed by atoms with van der Waals surface area (Å²) in [5.41, 5.74) is 0.721. The number of hydrogen-bond donors (Lipinski definition) is 1. The molecule has 0 saturated carbocycles. The summed E-state index contributed by atoms with van der Waals surface area (Å²) in [5.74, 6) is -1.14. The molecule has 0 radical (unpaired) electrons. The molecule has 1 amide bonds. The van der Waals surface area contributed by atoms with Crippen molar-refractivity contribution >= 4 is 5.91 Å². The minimum Gasteiger partial charge on any atom is -0.489 e. The molecule has 0 atom stereocenters. The standard InChI is InChI=1S/C16H15F2NO2/c1-11-6-7-12(10-14(11)18)16(20)19-8-9-21-15-5-3-2-4-13(15)17/h2-7,10H,8-9H2,1H3,(H,19,20). The van der Waals surface area contributed by atoms with Crippen molar-refractivity contribution < 1.29 is 18.3 Å². The second-order valence-corrected chi connectivity index (χ2v) is 4.50.